The fraction of sp³-hybridized carbons (Fsp3) is 0.467. The standard InChI is InChI=1S/C15H20N2O2/c1-13-3-2-4-14(11-13)5-6-15(19)17-9-7-16(12-18)8-10-17/h2-4,11-12H,5-10H2,1H3. The first-order chi connectivity index (χ1) is 9.19. The molecular weight excluding hydrogens is 240 g/mol. The number of rotatable bonds is 4. The second-order valence-electron chi connectivity index (χ2n) is 5.01. The molecule has 0 unspecified atom stereocenters. The molecule has 0 spiro atoms. The molecule has 1 aromatic rings. The maximum Gasteiger partial charge on any atom is 0.223 e. The van der Waals surface area contributed by atoms with Gasteiger partial charge in [-0.3, -0.25) is 9.59 Å². The summed E-state index contributed by atoms with van der Waals surface area (Å²) in [5.41, 5.74) is 2.43. The second-order valence-corrected chi connectivity index (χ2v) is 5.01. The summed E-state index contributed by atoms with van der Waals surface area (Å²) in [5.74, 6) is 0.187. The topological polar surface area (TPSA) is 40.6 Å². The van der Waals surface area contributed by atoms with E-state index in [1.54, 1.807) is 4.90 Å². The molecule has 19 heavy (non-hydrogen) atoms. The predicted molar refractivity (Wildman–Crippen MR) is 73.7 cm³/mol. The zero-order valence-electron chi connectivity index (χ0n) is 11.3. The van der Waals surface area contributed by atoms with E-state index in [1.165, 1.54) is 11.1 Å². The van der Waals surface area contributed by atoms with Gasteiger partial charge < -0.3 is 9.80 Å². The summed E-state index contributed by atoms with van der Waals surface area (Å²) in [5, 5.41) is 0. The Bertz CT molecular complexity index is 451. The lowest BCUT2D eigenvalue weighted by molar-refractivity contribution is -0.135. The molecule has 1 saturated heterocycles. The molecule has 0 N–H and O–H groups in total. The van der Waals surface area contributed by atoms with Crippen LogP contribution in [0.15, 0.2) is 24.3 Å². The van der Waals surface area contributed by atoms with Crippen molar-refractivity contribution >= 4 is 12.3 Å². The van der Waals surface area contributed by atoms with E-state index < -0.39 is 0 Å². The van der Waals surface area contributed by atoms with Gasteiger partial charge in [0.15, 0.2) is 0 Å². The molecule has 0 aromatic heterocycles. The van der Waals surface area contributed by atoms with Gasteiger partial charge in [0.25, 0.3) is 0 Å². The third-order valence-corrected chi connectivity index (χ3v) is 3.53. The third kappa shape index (κ3) is 3.81. The van der Waals surface area contributed by atoms with Crippen LogP contribution in [0, 0.1) is 6.92 Å². The number of nitrogens with zero attached hydrogens (tertiary/aromatic N) is 2. The minimum atomic E-state index is 0.187. The van der Waals surface area contributed by atoms with E-state index in [9.17, 15) is 9.59 Å². The van der Waals surface area contributed by atoms with Crippen LogP contribution < -0.4 is 0 Å². The van der Waals surface area contributed by atoms with Gasteiger partial charge in [0.1, 0.15) is 0 Å². The fourth-order valence-corrected chi connectivity index (χ4v) is 2.35. The summed E-state index contributed by atoms with van der Waals surface area (Å²) in [7, 11) is 0. The van der Waals surface area contributed by atoms with E-state index in [0.717, 1.165) is 12.8 Å². The van der Waals surface area contributed by atoms with Gasteiger partial charge in [0.05, 0.1) is 0 Å². The molecule has 1 fully saturated rings. The van der Waals surface area contributed by atoms with E-state index in [4.69, 9.17) is 0 Å². The van der Waals surface area contributed by atoms with Crippen molar-refractivity contribution in [2.75, 3.05) is 26.2 Å². The summed E-state index contributed by atoms with van der Waals surface area (Å²) in [4.78, 5) is 26.2. The van der Waals surface area contributed by atoms with Gasteiger partial charge in [0, 0.05) is 32.6 Å². The Balaban J connectivity index is 1.80. The van der Waals surface area contributed by atoms with Crippen LogP contribution in [0.1, 0.15) is 17.5 Å². The lowest BCUT2D eigenvalue weighted by Gasteiger charge is -2.32. The van der Waals surface area contributed by atoms with Gasteiger partial charge in [-0.25, -0.2) is 0 Å². The van der Waals surface area contributed by atoms with Crippen molar-refractivity contribution in [2.45, 2.75) is 19.8 Å². The van der Waals surface area contributed by atoms with Gasteiger partial charge in [-0.05, 0) is 18.9 Å². The monoisotopic (exact) mass is 260 g/mol. The number of hydrogen-bond acceptors (Lipinski definition) is 2. The van der Waals surface area contributed by atoms with Crippen LogP contribution in [-0.4, -0.2) is 48.3 Å². The summed E-state index contributed by atoms with van der Waals surface area (Å²) in [6, 6.07) is 8.27. The first kappa shape index (κ1) is 13.6. The second kappa shape index (κ2) is 6.36. The molecule has 0 bridgehead atoms. The molecule has 4 nitrogen and oxygen atoms in total. The van der Waals surface area contributed by atoms with Crippen LogP contribution in [0.3, 0.4) is 0 Å². The van der Waals surface area contributed by atoms with Crippen molar-refractivity contribution in [1.29, 1.82) is 0 Å². The van der Waals surface area contributed by atoms with Crippen molar-refractivity contribution in [3.05, 3.63) is 35.4 Å². The van der Waals surface area contributed by atoms with Crippen LogP contribution in [0.4, 0.5) is 0 Å². The zero-order valence-corrected chi connectivity index (χ0v) is 11.3. The quantitative estimate of drug-likeness (QED) is 0.764. The van der Waals surface area contributed by atoms with Crippen molar-refractivity contribution in [3.8, 4) is 0 Å². The van der Waals surface area contributed by atoms with E-state index in [1.807, 2.05) is 11.0 Å². The van der Waals surface area contributed by atoms with Gasteiger partial charge in [-0.15, -0.1) is 0 Å². The van der Waals surface area contributed by atoms with Crippen LogP contribution in [0.2, 0.25) is 0 Å². The highest BCUT2D eigenvalue weighted by Gasteiger charge is 2.19. The smallest absolute Gasteiger partial charge is 0.223 e. The molecule has 102 valence electrons. The molecule has 1 aliphatic heterocycles. The lowest BCUT2D eigenvalue weighted by atomic mass is 10.1. The van der Waals surface area contributed by atoms with E-state index in [2.05, 4.69) is 25.1 Å². The SMILES string of the molecule is Cc1cccc(CCC(=O)N2CCN(C=O)CC2)c1. The molecule has 1 heterocycles. The van der Waals surface area contributed by atoms with E-state index in [0.29, 0.717) is 32.6 Å². The molecule has 0 atom stereocenters. The molecular formula is C15H20N2O2. The number of carbonyl (C=O) groups is 2. The Hall–Kier alpha value is -1.84. The van der Waals surface area contributed by atoms with Crippen LogP contribution in [-0.2, 0) is 16.0 Å². The highest BCUT2D eigenvalue weighted by Crippen LogP contribution is 2.09. The van der Waals surface area contributed by atoms with Crippen molar-refractivity contribution < 1.29 is 9.59 Å². The Morgan fingerprint density at radius 1 is 1.26 bits per heavy atom. The van der Waals surface area contributed by atoms with Gasteiger partial charge >= 0.3 is 0 Å². The molecule has 0 radical (unpaired) electrons. The Morgan fingerprint density at radius 3 is 2.63 bits per heavy atom. The molecule has 1 aliphatic rings. The number of aryl methyl sites for hydroxylation is 2. The molecule has 0 aliphatic carbocycles. The average molecular weight is 260 g/mol. The molecule has 2 rings (SSSR count). The highest BCUT2D eigenvalue weighted by atomic mass is 16.2. The zero-order chi connectivity index (χ0) is 13.7. The maximum atomic E-state index is 12.1. The normalized spacial score (nSPS) is 15.4. The van der Waals surface area contributed by atoms with Gasteiger partial charge in [-0.2, -0.15) is 0 Å². The summed E-state index contributed by atoms with van der Waals surface area (Å²) < 4.78 is 0. The minimum absolute atomic E-state index is 0.187. The molecule has 2 amide bonds. The van der Waals surface area contributed by atoms with Gasteiger partial charge in [-0.1, -0.05) is 29.8 Å². The molecule has 1 aromatic carbocycles. The van der Waals surface area contributed by atoms with Crippen LogP contribution >= 0.6 is 0 Å². The lowest BCUT2D eigenvalue weighted by Crippen LogP contribution is -2.48. The first-order valence-corrected chi connectivity index (χ1v) is 6.72. The largest absolute Gasteiger partial charge is 0.342 e. The number of hydrogen-bond donors (Lipinski definition) is 0. The van der Waals surface area contributed by atoms with E-state index in [-0.39, 0.29) is 5.91 Å². The highest BCUT2D eigenvalue weighted by molar-refractivity contribution is 5.76. The fourth-order valence-electron chi connectivity index (χ4n) is 2.35. The van der Waals surface area contributed by atoms with E-state index >= 15 is 0 Å². The van der Waals surface area contributed by atoms with Crippen molar-refractivity contribution in [1.82, 2.24) is 9.80 Å². The Morgan fingerprint density at radius 2 is 2.00 bits per heavy atom. The first-order valence-electron chi connectivity index (χ1n) is 6.72. The predicted octanol–water partition coefficient (Wildman–Crippen LogP) is 1.23. The number of amides is 2. The average Bonchev–Trinajstić information content (AvgIpc) is 2.45. The maximum absolute atomic E-state index is 12.1. The van der Waals surface area contributed by atoms with Gasteiger partial charge in [0.2, 0.25) is 12.3 Å². The Kier molecular flexibility index (Phi) is 4.55. The van der Waals surface area contributed by atoms with Crippen molar-refractivity contribution in [3.63, 3.8) is 0 Å². The minimum Gasteiger partial charge on any atom is -0.342 e. The van der Waals surface area contributed by atoms with Crippen molar-refractivity contribution in [2.24, 2.45) is 0 Å². The summed E-state index contributed by atoms with van der Waals surface area (Å²) in [6.07, 6.45) is 2.19. The summed E-state index contributed by atoms with van der Waals surface area (Å²) in [6.45, 7) is 4.68. The summed E-state index contributed by atoms with van der Waals surface area (Å²) >= 11 is 0. The van der Waals surface area contributed by atoms with Crippen LogP contribution in [0.5, 0.6) is 0 Å². The number of piperazine rings is 1. The third-order valence-electron chi connectivity index (χ3n) is 3.53. The number of benzene rings is 1. The molecule has 0 saturated carbocycles. The number of carbonyl (C=O) groups excluding carboxylic acids is 2. The Labute approximate surface area is 114 Å². The van der Waals surface area contributed by atoms with Crippen LogP contribution in [0.25, 0.3) is 0 Å². The molecule has 4 heteroatoms.